The van der Waals surface area contributed by atoms with Gasteiger partial charge in [-0.05, 0) is 24.6 Å². The minimum Gasteiger partial charge on any atom is -0.490 e. The molecule has 0 unspecified atom stereocenters. The van der Waals surface area contributed by atoms with E-state index in [1.54, 1.807) is 12.1 Å². The third kappa shape index (κ3) is 3.03. The number of halogens is 1. The van der Waals surface area contributed by atoms with E-state index < -0.39 is 0 Å². The van der Waals surface area contributed by atoms with Crippen LogP contribution in [0, 0.1) is 12.7 Å². The van der Waals surface area contributed by atoms with Crippen molar-refractivity contribution in [3.63, 3.8) is 0 Å². The van der Waals surface area contributed by atoms with Crippen LogP contribution < -0.4 is 4.74 Å². The molecule has 0 saturated heterocycles. The highest BCUT2D eigenvalue weighted by Gasteiger charge is 2.02. The van der Waals surface area contributed by atoms with Crippen molar-refractivity contribution in [2.45, 2.75) is 13.3 Å². The second-order valence-corrected chi connectivity index (χ2v) is 2.86. The largest absolute Gasteiger partial charge is 0.490 e. The molecular formula is C10H13FO2. The molecule has 0 aliphatic rings. The van der Waals surface area contributed by atoms with Crippen LogP contribution in [0.3, 0.4) is 0 Å². The highest BCUT2D eigenvalue weighted by molar-refractivity contribution is 5.29. The van der Waals surface area contributed by atoms with Crippen LogP contribution in [-0.4, -0.2) is 18.3 Å². The maximum atomic E-state index is 13.0. The maximum Gasteiger partial charge on any atom is 0.165 e. The molecule has 0 saturated carbocycles. The van der Waals surface area contributed by atoms with Crippen molar-refractivity contribution in [2.24, 2.45) is 0 Å². The number of hydrogen-bond acceptors (Lipinski definition) is 2. The summed E-state index contributed by atoms with van der Waals surface area (Å²) < 4.78 is 18.1. The Hall–Kier alpha value is -1.09. The summed E-state index contributed by atoms with van der Waals surface area (Å²) >= 11 is 0. The van der Waals surface area contributed by atoms with Gasteiger partial charge in [0.2, 0.25) is 0 Å². The second-order valence-electron chi connectivity index (χ2n) is 2.86. The van der Waals surface area contributed by atoms with Gasteiger partial charge < -0.3 is 9.84 Å². The average Bonchev–Trinajstić information content (AvgIpc) is 2.11. The average molecular weight is 184 g/mol. The van der Waals surface area contributed by atoms with E-state index in [1.165, 1.54) is 6.07 Å². The first-order valence-corrected chi connectivity index (χ1v) is 4.24. The highest BCUT2D eigenvalue weighted by atomic mass is 19.1. The lowest BCUT2D eigenvalue weighted by atomic mass is 10.2. The third-order valence-electron chi connectivity index (χ3n) is 1.65. The molecule has 72 valence electrons. The summed E-state index contributed by atoms with van der Waals surface area (Å²) in [6.07, 6.45) is 0.521. The third-order valence-corrected chi connectivity index (χ3v) is 1.65. The van der Waals surface area contributed by atoms with Gasteiger partial charge in [-0.3, -0.25) is 0 Å². The summed E-state index contributed by atoms with van der Waals surface area (Å²) in [7, 11) is 0. The lowest BCUT2D eigenvalue weighted by Crippen LogP contribution is -2.01. The molecule has 1 aromatic carbocycles. The molecule has 1 N–H and O–H groups in total. The number of aliphatic hydroxyl groups is 1. The molecular weight excluding hydrogens is 171 g/mol. The molecule has 1 aromatic rings. The van der Waals surface area contributed by atoms with Crippen LogP contribution in [0.25, 0.3) is 0 Å². The standard InChI is InChI=1S/C10H13FO2/c1-8-3-4-9(11)10(7-8)13-6-2-5-12/h3-4,7,12H,2,5-6H2,1H3. The minimum absolute atomic E-state index is 0.0629. The van der Waals surface area contributed by atoms with E-state index in [4.69, 9.17) is 9.84 Å². The summed E-state index contributed by atoms with van der Waals surface area (Å²) in [6.45, 7) is 2.28. The first-order valence-electron chi connectivity index (χ1n) is 4.24. The van der Waals surface area contributed by atoms with Gasteiger partial charge in [-0.25, -0.2) is 4.39 Å². The molecule has 0 bridgehead atoms. The zero-order valence-corrected chi connectivity index (χ0v) is 7.59. The van der Waals surface area contributed by atoms with Crippen LogP contribution in [0.5, 0.6) is 5.75 Å². The number of rotatable bonds is 4. The fraction of sp³-hybridized carbons (Fsp3) is 0.400. The van der Waals surface area contributed by atoms with E-state index in [0.29, 0.717) is 13.0 Å². The molecule has 0 radical (unpaired) electrons. The number of aryl methyl sites for hydroxylation is 1. The van der Waals surface area contributed by atoms with Gasteiger partial charge in [0.1, 0.15) is 0 Å². The SMILES string of the molecule is Cc1ccc(F)c(OCCCO)c1. The van der Waals surface area contributed by atoms with Crippen molar-refractivity contribution in [1.82, 2.24) is 0 Å². The lowest BCUT2D eigenvalue weighted by Gasteiger charge is -2.06. The Morgan fingerprint density at radius 1 is 1.46 bits per heavy atom. The molecule has 13 heavy (non-hydrogen) atoms. The van der Waals surface area contributed by atoms with Gasteiger partial charge in [0.05, 0.1) is 6.61 Å². The van der Waals surface area contributed by atoms with E-state index in [9.17, 15) is 4.39 Å². The van der Waals surface area contributed by atoms with Crippen LogP contribution in [0.2, 0.25) is 0 Å². The van der Waals surface area contributed by atoms with Crippen molar-refractivity contribution >= 4 is 0 Å². The molecule has 0 atom stereocenters. The smallest absolute Gasteiger partial charge is 0.165 e. The molecule has 0 heterocycles. The summed E-state index contributed by atoms with van der Waals surface area (Å²) in [6, 6.07) is 4.71. The predicted octanol–water partition coefficient (Wildman–Crippen LogP) is 1.90. The van der Waals surface area contributed by atoms with Crippen LogP contribution >= 0.6 is 0 Å². The minimum atomic E-state index is -0.358. The van der Waals surface area contributed by atoms with Gasteiger partial charge in [-0.2, -0.15) is 0 Å². The normalized spacial score (nSPS) is 10.1. The van der Waals surface area contributed by atoms with Crippen molar-refractivity contribution < 1.29 is 14.2 Å². The Morgan fingerprint density at radius 2 is 2.23 bits per heavy atom. The highest BCUT2D eigenvalue weighted by Crippen LogP contribution is 2.18. The van der Waals surface area contributed by atoms with Crippen molar-refractivity contribution in [1.29, 1.82) is 0 Å². The zero-order valence-electron chi connectivity index (χ0n) is 7.59. The van der Waals surface area contributed by atoms with Crippen LogP contribution in [-0.2, 0) is 0 Å². The van der Waals surface area contributed by atoms with Crippen molar-refractivity contribution in [3.05, 3.63) is 29.6 Å². The van der Waals surface area contributed by atoms with E-state index in [1.807, 2.05) is 6.92 Å². The quantitative estimate of drug-likeness (QED) is 0.724. The molecule has 0 aromatic heterocycles. The van der Waals surface area contributed by atoms with Crippen LogP contribution in [0.1, 0.15) is 12.0 Å². The molecule has 0 amide bonds. The number of hydrogen-bond donors (Lipinski definition) is 1. The Morgan fingerprint density at radius 3 is 2.92 bits per heavy atom. The second kappa shape index (κ2) is 4.82. The fourth-order valence-corrected chi connectivity index (χ4v) is 0.968. The zero-order chi connectivity index (χ0) is 9.68. The van der Waals surface area contributed by atoms with Gasteiger partial charge in [0, 0.05) is 13.0 Å². The monoisotopic (exact) mass is 184 g/mol. The van der Waals surface area contributed by atoms with Crippen LogP contribution in [0.15, 0.2) is 18.2 Å². The molecule has 0 aliphatic heterocycles. The molecule has 0 fully saturated rings. The van der Waals surface area contributed by atoms with E-state index in [0.717, 1.165) is 5.56 Å². The van der Waals surface area contributed by atoms with Crippen molar-refractivity contribution in [2.75, 3.05) is 13.2 Å². The Kier molecular flexibility index (Phi) is 3.71. The summed E-state index contributed by atoms with van der Waals surface area (Å²) in [5, 5.41) is 8.49. The summed E-state index contributed by atoms with van der Waals surface area (Å²) in [5.41, 5.74) is 0.959. The maximum absolute atomic E-state index is 13.0. The first kappa shape index (κ1) is 9.99. The fourth-order valence-electron chi connectivity index (χ4n) is 0.968. The molecule has 2 nitrogen and oxygen atoms in total. The number of ether oxygens (including phenoxy) is 1. The Labute approximate surface area is 77.0 Å². The first-order chi connectivity index (χ1) is 6.24. The predicted molar refractivity (Wildman–Crippen MR) is 48.3 cm³/mol. The molecule has 3 heteroatoms. The van der Waals surface area contributed by atoms with E-state index in [2.05, 4.69) is 0 Å². The lowest BCUT2D eigenvalue weighted by molar-refractivity contribution is 0.228. The van der Waals surface area contributed by atoms with Gasteiger partial charge >= 0.3 is 0 Å². The topological polar surface area (TPSA) is 29.5 Å². The Balaban J connectivity index is 2.59. The van der Waals surface area contributed by atoms with Crippen LogP contribution in [0.4, 0.5) is 4.39 Å². The van der Waals surface area contributed by atoms with E-state index >= 15 is 0 Å². The van der Waals surface area contributed by atoms with E-state index in [-0.39, 0.29) is 18.2 Å². The molecule has 0 spiro atoms. The molecule has 1 rings (SSSR count). The summed E-state index contributed by atoms with van der Waals surface area (Å²) in [5.74, 6) is -0.100. The van der Waals surface area contributed by atoms with Gasteiger partial charge in [0.15, 0.2) is 11.6 Å². The molecule has 0 aliphatic carbocycles. The van der Waals surface area contributed by atoms with Crippen molar-refractivity contribution in [3.8, 4) is 5.75 Å². The summed E-state index contributed by atoms with van der Waals surface area (Å²) in [4.78, 5) is 0. The van der Waals surface area contributed by atoms with Gasteiger partial charge in [-0.15, -0.1) is 0 Å². The number of aliphatic hydroxyl groups excluding tert-OH is 1. The Bertz CT molecular complexity index is 274. The van der Waals surface area contributed by atoms with Gasteiger partial charge in [-0.1, -0.05) is 6.07 Å². The number of benzene rings is 1. The van der Waals surface area contributed by atoms with Gasteiger partial charge in [0.25, 0.3) is 0 Å².